The van der Waals surface area contributed by atoms with E-state index in [1.165, 1.54) is 6.92 Å². The smallest absolute Gasteiger partial charge is 0.175 e. The molecule has 0 bridgehead atoms. The molecule has 2 rings (SSSR count). The maximum atomic E-state index is 11.2. The molecule has 3 nitrogen and oxygen atoms in total. The van der Waals surface area contributed by atoms with Crippen molar-refractivity contribution in [2.24, 2.45) is 0 Å². The van der Waals surface area contributed by atoms with E-state index in [2.05, 4.69) is 4.98 Å². The number of ketones is 1. The predicted molar refractivity (Wildman–Crippen MR) is 59.9 cm³/mol. The van der Waals surface area contributed by atoms with Crippen molar-refractivity contribution in [3.05, 3.63) is 28.9 Å². The second kappa shape index (κ2) is 3.59. The van der Waals surface area contributed by atoms with Crippen LogP contribution in [0.3, 0.4) is 0 Å². The fourth-order valence-electron chi connectivity index (χ4n) is 1.50. The Morgan fingerprint density at radius 3 is 2.80 bits per heavy atom. The van der Waals surface area contributed by atoms with Gasteiger partial charge in [0.2, 0.25) is 0 Å². The van der Waals surface area contributed by atoms with Crippen LogP contribution in [0.25, 0.3) is 10.9 Å². The number of halogens is 1. The van der Waals surface area contributed by atoms with Crippen molar-refractivity contribution < 1.29 is 9.53 Å². The summed E-state index contributed by atoms with van der Waals surface area (Å²) in [5, 5.41) is 1.33. The van der Waals surface area contributed by atoms with Gasteiger partial charge in [-0.15, -0.1) is 0 Å². The predicted octanol–water partition coefficient (Wildman–Crippen LogP) is 3.03. The van der Waals surface area contributed by atoms with Crippen LogP contribution in [0.5, 0.6) is 5.75 Å². The molecule has 15 heavy (non-hydrogen) atoms. The third-order valence-corrected chi connectivity index (χ3v) is 2.69. The number of benzene rings is 1. The number of fused-ring (bicyclic) bond motifs is 1. The summed E-state index contributed by atoms with van der Waals surface area (Å²) in [4.78, 5) is 14.2. The number of carbonyl (C=O) groups excluding carboxylic acids is 1. The van der Waals surface area contributed by atoms with Gasteiger partial charge < -0.3 is 9.72 Å². The Morgan fingerprint density at radius 2 is 2.20 bits per heavy atom. The molecule has 0 aliphatic heterocycles. The van der Waals surface area contributed by atoms with Gasteiger partial charge in [0, 0.05) is 17.8 Å². The van der Waals surface area contributed by atoms with Crippen molar-refractivity contribution in [3.8, 4) is 5.75 Å². The van der Waals surface area contributed by atoms with Crippen molar-refractivity contribution in [1.82, 2.24) is 4.98 Å². The zero-order chi connectivity index (χ0) is 11.0. The minimum absolute atomic E-state index is 0.0127. The third kappa shape index (κ3) is 1.59. The summed E-state index contributed by atoms with van der Waals surface area (Å²) in [6.45, 7) is 1.51. The first-order valence-electron chi connectivity index (χ1n) is 4.49. The van der Waals surface area contributed by atoms with Crippen LogP contribution in [-0.4, -0.2) is 17.9 Å². The third-order valence-electron chi connectivity index (χ3n) is 2.30. The van der Waals surface area contributed by atoms with Crippen molar-refractivity contribution in [1.29, 1.82) is 0 Å². The monoisotopic (exact) mass is 223 g/mol. The van der Waals surface area contributed by atoms with Crippen molar-refractivity contribution in [2.75, 3.05) is 7.11 Å². The lowest BCUT2D eigenvalue weighted by molar-refractivity contribution is 0.101. The largest absolute Gasteiger partial charge is 0.495 e. The van der Waals surface area contributed by atoms with Crippen LogP contribution in [0, 0.1) is 0 Å². The Hall–Kier alpha value is -1.48. The van der Waals surface area contributed by atoms with E-state index in [1.807, 2.05) is 6.07 Å². The fourth-order valence-corrected chi connectivity index (χ4v) is 1.79. The summed E-state index contributed by atoms with van der Waals surface area (Å²) >= 11 is 6.10. The SMILES string of the molecule is COc1ccc2[nH]c(C(C)=O)cc2c1Cl. The molecular weight excluding hydrogens is 214 g/mol. The summed E-state index contributed by atoms with van der Waals surface area (Å²) in [6.07, 6.45) is 0. The molecule has 0 saturated carbocycles. The van der Waals surface area contributed by atoms with Gasteiger partial charge in [-0.3, -0.25) is 4.79 Å². The van der Waals surface area contributed by atoms with Crippen LogP contribution >= 0.6 is 11.6 Å². The topological polar surface area (TPSA) is 42.1 Å². The molecule has 2 aromatic rings. The highest BCUT2D eigenvalue weighted by atomic mass is 35.5. The molecule has 4 heteroatoms. The second-order valence-corrected chi connectivity index (χ2v) is 3.66. The molecule has 0 fully saturated rings. The minimum Gasteiger partial charge on any atom is -0.495 e. The maximum absolute atomic E-state index is 11.2. The minimum atomic E-state index is -0.0127. The number of aromatic amines is 1. The summed E-state index contributed by atoms with van der Waals surface area (Å²) in [7, 11) is 1.56. The number of Topliss-reactive ketones (excluding diaryl/α,β-unsaturated/α-hetero) is 1. The van der Waals surface area contributed by atoms with Gasteiger partial charge in [0.1, 0.15) is 5.75 Å². The van der Waals surface area contributed by atoms with Crippen molar-refractivity contribution >= 4 is 28.3 Å². The Balaban J connectivity index is 2.71. The van der Waals surface area contributed by atoms with Crippen LogP contribution in [0.2, 0.25) is 5.02 Å². The number of nitrogens with one attached hydrogen (secondary N) is 1. The number of hydrogen-bond donors (Lipinski definition) is 1. The standard InChI is InChI=1S/C11H10ClNO2/c1-6(14)9-5-7-8(13-9)3-4-10(15-2)11(7)12/h3-5,13H,1-2H3. The van der Waals surface area contributed by atoms with Crippen molar-refractivity contribution in [3.63, 3.8) is 0 Å². The Labute approximate surface area is 92.0 Å². The van der Waals surface area contributed by atoms with Crippen molar-refractivity contribution in [2.45, 2.75) is 6.92 Å². The maximum Gasteiger partial charge on any atom is 0.175 e. The summed E-state index contributed by atoms with van der Waals surface area (Å²) in [5.74, 6) is 0.597. The molecule has 0 aliphatic carbocycles. The molecule has 0 radical (unpaired) electrons. The first-order valence-corrected chi connectivity index (χ1v) is 4.87. The van der Waals surface area contributed by atoms with Gasteiger partial charge in [0.25, 0.3) is 0 Å². The molecule has 0 aliphatic rings. The number of ether oxygens (including phenoxy) is 1. The van der Waals surface area contributed by atoms with E-state index < -0.39 is 0 Å². The van der Waals surface area contributed by atoms with Crippen LogP contribution in [-0.2, 0) is 0 Å². The Morgan fingerprint density at radius 1 is 1.47 bits per heavy atom. The van der Waals surface area contributed by atoms with Crippen LogP contribution in [0.15, 0.2) is 18.2 Å². The number of carbonyl (C=O) groups is 1. The van der Waals surface area contributed by atoms with Gasteiger partial charge in [0.05, 0.1) is 17.8 Å². The quantitative estimate of drug-likeness (QED) is 0.796. The number of rotatable bonds is 2. The lowest BCUT2D eigenvalue weighted by Crippen LogP contribution is -1.89. The summed E-state index contributed by atoms with van der Waals surface area (Å²) in [5.41, 5.74) is 1.39. The van der Waals surface area contributed by atoms with E-state index in [-0.39, 0.29) is 5.78 Å². The molecule has 0 unspecified atom stereocenters. The van der Waals surface area contributed by atoms with Gasteiger partial charge in [-0.05, 0) is 18.2 Å². The van der Waals surface area contributed by atoms with Gasteiger partial charge >= 0.3 is 0 Å². The Bertz CT molecular complexity index is 531. The molecule has 1 N–H and O–H groups in total. The van der Waals surface area contributed by atoms with Crippen LogP contribution < -0.4 is 4.74 Å². The molecule has 78 valence electrons. The van der Waals surface area contributed by atoms with E-state index in [9.17, 15) is 4.79 Å². The number of hydrogen-bond acceptors (Lipinski definition) is 2. The molecule has 1 heterocycles. The number of methoxy groups -OCH3 is 1. The molecule has 0 atom stereocenters. The molecule has 0 amide bonds. The van der Waals surface area contributed by atoms with E-state index in [1.54, 1.807) is 19.2 Å². The zero-order valence-electron chi connectivity index (χ0n) is 8.43. The average molecular weight is 224 g/mol. The summed E-state index contributed by atoms with van der Waals surface area (Å²) in [6, 6.07) is 5.35. The second-order valence-electron chi connectivity index (χ2n) is 3.28. The normalized spacial score (nSPS) is 10.6. The van der Waals surface area contributed by atoms with Gasteiger partial charge in [0.15, 0.2) is 5.78 Å². The van der Waals surface area contributed by atoms with Crippen LogP contribution in [0.1, 0.15) is 17.4 Å². The zero-order valence-corrected chi connectivity index (χ0v) is 9.18. The molecule has 0 spiro atoms. The van der Waals surface area contributed by atoms with E-state index >= 15 is 0 Å². The number of aromatic nitrogens is 1. The lowest BCUT2D eigenvalue weighted by atomic mass is 10.2. The lowest BCUT2D eigenvalue weighted by Gasteiger charge is -2.02. The van der Waals surface area contributed by atoms with Crippen LogP contribution in [0.4, 0.5) is 0 Å². The van der Waals surface area contributed by atoms with E-state index in [0.29, 0.717) is 16.5 Å². The first-order chi connectivity index (χ1) is 7.13. The van der Waals surface area contributed by atoms with E-state index in [0.717, 1.165) is 10.9 Å². The molecule has 1 aromatic heterocycles. The van der Waals surface area contributed by atoms with Gasteiger partial charge in [-0.1, -0.05) is 11.6 Å². The number of H-pyrrole nitrogens is 1. The highest BCUT2D eigenvalue weighted by molar-refractivity contribution is 6.37. The molecule has 1 aromatic carbocycles. The Kier molecular flexibility index (Phi) is 2.40. The fraction of sp³-hybridized carbons (Fsp3) is 0.182. The summed E-state index contributed by atoms with van der Waals surface area (Å²) < 4.78 is 5.09. The first kappa shape index (κ1) is 10.1. The average Bonchev–Trinajstić information content (AvgIpc) is 2.63. The molecular formula is C11H10ClNO2. The highest BCUT2D eigenvalue weighted by Crippen LogP contribution is 2.32. The van der Waals surface area contributed by atoms with Gasteiger partial charge in [-0.25, -0.2) is 0 Å². The van der Waals surface area contributed by atoms with E-state index in [4.69, 9.17) is 16.3 Å². The highest BCUT2D eigenvalue weighted by Gasteiger charge is 2.10. The van der Waals surface area contributed by atoms with Gasteiger partial charge in [-0.2, -0.15) is 0 Å². The molecule has 0 saturated heterocycles.